The monoisotopic (exact) mass is 303 g/mol. The Morgan fingerprint density at radius 3 is 0.643 bits per heavy atom. The van der Waals surface area contributed by atoms with E-state index in [0.29, 0.717) is 0 Å². The minimum Gasteiger partial charge on any atom is -0.0721 e. The van der Waals surface area contributed by atoms with Crippen LogP contribution in [0.4, 0.5) is 0 Å². The molecule has 0 bridgehead atoms. The third-order valence-corrected chi connectivity index (χ3v) is 60.8. The van der Waals surface area contributed by atoms with Crippen LogP contribution in [0.5, 0.6) is 0 Å². The molecular formula is C9H27FeSi4. The molecule has 0 aliphatic heterocycles. The van der Waals surface area contributed by atoms with Gasteiger partial charge in [0.05, 0.1) is 0 Å². The molecule has 0 aromatic rings. The van der Waals surface area contributed by atoms with Crippen LogP contribution in [0, 0.1) is 0 Å². The summed E-state index contributed by atoms with van der Waals surface area (Å²) in [5, 5.41) is 0. The van der Waals surface area contributed by atoms with E-state index in [-0.39, 0.29) is 24.4 Å². The van der Waals surface area contributed by atoms with Crippen LogP contribution in [0.2, 0.25) is 58.9 Å². The summed E-state index contributed by atoms with van der Waals surface area (Å²) in [4.78, 5) is 0. The van der Waals surface area contributed by atoms with Crippen LogP contribution in [0.25, 0.3) is 0 Å². The van der Waals surface area contributed by atoms with Gasteiger partial charge in [0, 0.05) is 47.2 Å². The molecule has 0 saturated heterocycles. The van der Waals surface area contributed by atoms with Gasteiger partial charge in [-0.05, 0) is 0 Å². The zero-order valence-electron chi connectivity index (χ0n) is 11.4. The summed E-state index contributed by atoms with van der Waals surface area (Å²) in [5.41, 5.74) is 0. The normalized spacial score (nSPS) is 14.1. The van der Waals surface area contributed by atoms with E-state index in [0.717, 1.165) is 0 Å². The van der Waals surface area contributed by atoms with Crippen molar-refractivity contribution in [2.75, 3.05) is 0 Å². The minimum atomic E-state index is -0.832. The quantitative estimate of drug-likeness (QED) is 0.697. The standard InChI is InChI=1S/C9H27Si4.Fe/c1-11(2,3)10(12(4,5)6)13(7,8)9;/h1-9H3;. The second-order valence-electron chi connectivity index (χ2n) is 7.12. The van der Waals surface area contributed by atoms with Gasteiger partial charge >= 0.3 is 0 Å². The molecule has 0 spiro atoms. The Bertz CT molecular complexity index is 139. The van der Waals surface area contributed by atoms with Gasteiger partial charge in [-0.25, -0.2) is 0 Å². The van der Waals surface area contributed by atoms with Crippen LogP contribution >= 0.6 is 0 Å². The molecule has 0 heterocycles. The predicted octanol–water partition coefficient (Wildman–Crippen LogP) is 3.73. The van der Waals surface area contributed by atoms with Crippen LogP contribution in [0.15, 0.2) is 0 Å². The summed E-state index contributed by atoms with van der Waals surface area (Å²) in [7, 11) is -2.47. The van der Waals surface area contributed by atoms with Crippen molar-refractivity contribution >= 4 is 30.1 Å². The molecule has 0 aromatic heterocycles. The average Bonchev–Trinajstić information content (AvgIpc) is 1.44. The van der Waals surface area contributed by atoms with Gasteiger partial charge in [0.2, 0.25) is 0 Å². The van der Waals surface area contributed by atoms with Gasteiger partial charge in [-0.15, -0.1) is 0 Å². The van der Waals surface area contributed by atoms with E-state index < -0.39 is 22.8 Å². The van der Waals surface area contributed by atoms with Crippen LogP contribution in [0.1, 0.15) is 0 Å². The molecule has 0 nitrogen and oxygen atoms in total. The summed E-state index contributed by atoms with van der Waals surface area (Å²) >= 11 is 0. The molecular weight excluding hydrogens is 276 g/mol. The second kappa shape index (κ2) is 5.14. The van der Waals surface area contributed by atoms with E-state index in [1.807, 2.05) is 0 Å². The molecule has 1 radical (unpaired) electrons. The summed E-state index contributed by atoms with van der Waals surface area (Å²) in [6.45, 7) is 23.5. The number of hydrogen-bond donors (Lipinski definition) is 0. The zero-order chi connectivity index (χ0) is 11.1. The maximum Gasteiger partial charge on any atom is 0.0306 e. The first-order valence-electron chi connectivity index (χ1n) is 5.25. The molecule has 0 amide bonds. The Labute approximate surface area is 106 Å². The Hall–Kier alpha value is 1.39. The predicted molar refractivity (Wildman–Crippen MR) is 75.8 cm³/mol. The maximum atomic E-state index is 2.61. The Balaban J connectivity index is 0. The first-order valence-corrected chi connectivity index (χ1v) is 20.2. The molecule has 87 valence electrons. The van der Waals surface area contributed by atoms with Gasteiger partial charge in [-0.2, -0.15) is 0 Å². The topological polar surface area (TPSA) is 0 Å². The average molecular weight is 304 g/mol. The van der Waals surface area contributed by atoms with Crippen molar-refractivity contribution in [2.24, 2.45) is 0 Å². The van der Waals surface area contributed by atoms with Crippen molar-refractivity contribution in [3.05, 3.63) is 0 Å². The largest absolute Gasteiger partial charge is 0.0721 e. The van der Waals surface area contributed by atoms with E-state index in [1.54, 1.807) is 0 Å². The van der Waals surface area contributed by atoms with Crippen molar-refractivity contribution < 1.29 is 17.1 Å². The van der Waals surface area contributed by atoms with Crippen LogP contribution in [0.3, 0.4) is 0 Å². The Morgan fingerprint density at radius 1 is 0.500 bits per heavy atom. The van der Waals surface area contributed by atoms with Gasteiger partial charge in [0.15, 0.2) is 0 Å². The molecule has 0 saturated carbocycles. The smallest absolute Gasteiger partial charge is 0.0306 e. The molecule has 0 aliphatic carbocycles. The van der Waals surface area contributed by atoms with Gasteiger partial charge in [-0.1, -0.05) is 58.9 Å². The fraction of sp³-hybridized carbons (Fsp3) is 1.00. The van der Waals surface area contributed by atoms with Crippen LogP contribution in [-0.4, -0.2) is 30.1 Å². The van der Waals surface area contributed by atoms with Gasteiger partial charge < -0.3 is 0 Å². The SMILES string of the molecule is C[Si](C)(C)[Si]([Si](C)(C)C)[Si](C)(C)C.[Fe]. The fourth-order valence-corrected chi connectivity index (χ4v) is 91.1. The molecule has 0 aromatic carbocycles. The maximum absolute atomic E-state index is 2.61. The Morgan fingerprint density at radius 2 is 0.643 bits per heavy atom. The molecule has 0 aliphatic rings. The van der Waals surface area contributed by atoms with Crippen LogP contribution < -0.4 is 0 Å². The fourth-order valence-electron chi connectivity index (χ4n) is 3.38. The molecule has 5 heteroatoms. The third-order valence-electron chi connectivity index (χ3n) is 2.25. The van der Waals surface area contributed by atoms with E-state index >= 15 is 0 Å². The third kappa shape index (κ3) is 5.47. The van der Waals surface area contributed by atoms with E-state index in [4.69, 9.17) is 0 Å². The van der Waals surface area contributed by atoms with Crippen molar-refractivity contribution in [1.82, 2.24) is 0 Å². The molecule has 14 heavy (non-hydrogen) atoms. The molecule has 0 atom stereocenters. The van der Waals surface area contributed by atoms with Crippen molar-refractivity contribution in [3.8, 4) is 0 Å². The summed E-state index contributed by atoms with van der Waals surface area (Å²) in [5.74, 6) is 0. The van der Waals surface area contributed by atoms with Crippen LogP contribution in [-0.2, 0) is 17.1 Å². The second-order valence-corrected chi connectivity index (χ2v) is 43.9. The van der Waals surface area contributed by atoms with Crippen molar-refractivity contribution in [1.29, 1.82) is 0 Å². The van der Waals surface area contributed by atoms with Gasteiger partial charge in [0.1, 0.15) is 0 Å². The molecule has 0 rings (SSSR count). The summed E-state index contributed by atoms with van der Waals surface area (Å²) < 4.78 is 0. The molecule has 0 unspecified atom stereocenters. The van der Waals surface area contributed by atoms with Crippen molar-refractivity contribution in [3.63, 3.8) is 0 Å². The first-order chi connectivity index (χ1) is 5.37. The van der Waals surface area contributed by atoms with Crippen molar-refractivity contribution in [2.45, 2.75) is 58.9 Å². The van der Waals surface area contributed by atoms with E-state index in [1.165, 1.54) is 0 Å². The summed E-state index contributed by atoms with van der Waals surface area (Å²) in [6.07, 6.45) is 0. The van der Waals surface area contributed by atoms with Gasteiger partial charge in [-0.3, -0.25) is 0 Å². The molecule has 0 N–H and O–H groups in total. The van der Waals surface area contributed by atoms with E-state index in [2.05, 4.69) is 58.9 Å². The number of hydrogen-bond acceptors (Lipinski definition) is 0. The Kier molecular flexibility index (Phi) is 6.53. The van der Waals surface area contributed by atoms with E-state index in [9.17, 15) is 0 Å². The van der Waals surface area contributed by atoms with Gasteiger partial charge in [0.25, 0.3) is 0 Å². The zero-order valence-corrected chi connectivity index (χ0v) is 16.5. The summed E-state index contributed by atoms with van der Waals surface area (Å²) in [6, 6.07) is 0. The minimum absolute atomic E-state index is 0. The first kappa shape index (κ1) is 17.8. The molecule has 0 fully saturated rings. The number of rotatable bonds is 3.